The molecule has 7 heteroatoms. The van der Waals surface area contributed by atoms with E-state index in [-0.39, 0.29) is 5.88 Å². The van der Waals surface area contributed by atoms with Crippen LogP contribution >= 0.6 is 0 Å². The summed E-state index contributed by atoms with van der Waals surface area (Å²) >= 11 is 0. The third kappa shape index (κ3) is 3.62. The molecule has 1 aromatic heterocycles. The monoisotopic (exact) mass is 334 g/mol. The Bertz CT molecular complexity index is 834. The van der Waals surface area contributed by atoms with Crippen molar-refractivity contribution in [1.29, 1.82) is 0 Å². The first-order valence-corrected chi connectivity index (χ1v) is 9.07. The molecule has 0 spiro atoms. The Hall–Kier alpha value is -2.12. The smallest absolute Gasteiger partial charge is 0.238 e. The Morgan fingerprint density at radius 2 is 2.04 bits per heavy atom. The molecule has 1 aliphatic heterocycles. The number of anilines is 1. The predicted molar refractivity (Wildman–Crippen MR) is 88.1 cm³/mol. The Balaban J connectivity index is 2.01. The Kier molecular flexibility index (Phi) is 4.23. The fourth-order valence-electron chi connectivity index (χ4n) is 2.59. The number of benzene rings is 1. The minimum atomic E-state index is -3.41. The van der Waals surface area contributed by atoms with Crippen LogP contribution in [0.25, 0.3) is 11.1 Å². The maximum absolute atomic E-state index is 11.5. The largest absolute Gasteiger partial charge is 0.480 e. The highest BCUT2D eigenvalue weighted by Crippen LogP contribution is 2.30. The first-order valence-electron chi connectivity index (χ1n) is 7.18. The molecule has 0 saturated carbocycles. The van der Waals surface area contributed by atoms with Crippen LogP contribution in [0.1, 0.15) is 11.1 Å². The number of hydrogen-bond acceptors (Lipinski definition) is 5. The lowest BCUT2D eigenvalue weighted by molar-refractivity contribution is 0.111. The predicted octanol–water partition coefficient (Wildman–Crippen LogP) is 2.20. The molecule has 3 rings (SSSR count). The second-order valence-corrected chi connectivity index (χ2v) is 7.19. The Morgan fingerprint density at radius 1 is 1.22 bits per heavy atom. The number of methoxy groups -OCH3 is 1. The Morgan fingerprint density at radius 3 is 2.78 bits per heavy atom. The summed E-state index contributed by atoms with van der Waals surface area (Å²) in [5.74, 6) is 0.237. The summed E-state index contributed by atoms with van der Waals surface area (Å²) in [5, 5.41) is 0. The average Bonchev–Trinajstić information content (AvgIpc) is 2.53. The van der Waals surface area contributed by atoms with Crippen LogP contribution in [0.3, 0.4) is 0 Å². The van der Waals surface area contributed by atoms with Crippen LogP contribution in [-0.4, -0.2) is 33.4 Å². The lowest BCUT2D eigenvalue weighted by Gasteiger charge is -2.17. The van der Waals surface area contributed by atoms with E-state index in [1.165, 1.54) is 12.7 Å². The van der Waals surface area contributed by atoms with Gasteiger partial charge in [-0.1, -0.05) is 12.1 Å². The molecule has 23 heavy (non-hydrogen) atoms. The van der Waals surface area contributed by atoms with Crippen molar-refractivity contribution >= 4 is 15.7 Å². The summed E-state index contributed by atoms with van der Waals surface area (Å²) in [6, 6.07) is 7.87. The van der Waals surface area contributed by atoms with Crippen molar-refractivity contribution < 1.29 is 17.9 Å². The Labute approximate surface area is 135 Å². The van der Waals surface area contributed by atoms with Gasteiger partial charge >= 0.3 is 0 Å². The standard InChI is InChI=1S/C16H18N2O4S/c1-21-16-15(18-23(2,19)20)8-13(9-17-16)12-4-3-11-5-6-22-10-14(11)7-12/h3-4,7-9,18H,5-6,10H2,1-2H3. The van der Waals surface area contributed by atoms with Gasteiger partial charge in [-0.25, -0.2) is 13.4 Å². The van der Waals surface area contributed by atoms with Gasteiger partial charge in [0.1, 0.15) is 5.69 Å². The molecule has 0 saturated heterocycles. The molecule has 6 nitrogen and oxygen atoms in total. The van der Waals surface area contributed by atoms with Crippen molar-refractivity contribution in [3.8, 4) is 17.0 Å². The van der Waals surface area contributed by atoms with Gasteiger partial charge in [0, 0.05) is 11.8 Å². The zero-order chi connectivity index (χ0) is 16.4. The van der Waals surface area contributed by atoms with Gasteiger partial charge in [-0.15, -0.1) is 0 Å². The summed E-state index contributed by atoms with van der Waals surface area (Å²) in [4.78, 5) is 4.19. The van der Waals surface area contributed by atoms with Crippen LogP contribution in [0.5, 0.6) is 5.88 Å². The van der Waals surface area contributed by atoms with Gasteiger partial charge < -0.3 is 9.47 Å². The minimum Gasteiger partial charge on any atom is -0.480 e. The van der Waals surface area contributed by atoms with Gasteiger partial charge in [0.15, 0.2) is 0 Å². The van der Waals surface area contributed by atoms with E-state index in [2.05, 4.69) is 21.8 Å². The molecular weight excluding hydrogens is 316 g/mol. The lowest BCUT2D eigenvalue weighted by Crippen LogP contribution is -2.11. The average molecular weight is 334 g/mol. The second-order valence-electron chi connectivity index (χ2n) is 5.44. The maximum atomic E-state index is 11.5. The van der Waals surface area contributed by atoms with Crippen LogP contribution in [0, 0.1) is 0 Å². The molecule has 2 heterocycles. The highest BCUT2D eigenvalue weighted by atomic mass is 32.2. The molecule has 1 aliphatic rings. The first-order chi connectivity index (χ1) is 11.0. The van der Waals surface area contributed by atoms with Crippen LogP contribution < -0.4 is 9.46 Å². The highest BCUT2D eigenvalue weighted by molar-refractivity contribution is 7.92. The van der Waals surface area contributed by atoms with E-state index in [1.807, 2.05) is 6.07 Å². The molecule has 1 N–H and O–H groups in total. The lowest BCUT2D eigenvalue weighted by atomic mass is 9.97. The van der Waals surface area contributed by atoms with Gasteiger partial charge in [-0.05, 0) is 35.2 Å². The van der Waals surface area contributed by atoms with Crippen molar-refractivity contribution in [3.63, 3.8) is 0 Å². The summed E-state index contributed by atoms with van der Waals surface area (Å²) in [6.45, 7) is 1.35. The van der Waals surface area contributed by atoms with Crippen molar-refractivity contribution in [2.24, 2.45) is 0 Å². The number of aromatic nitrogens is 1. The number of ether oxygens (including phenoxy) is 2. The molecule has 0 aliphatic carbocycles. The zero-order valence-corrected chi connectivity index (χ0v) is 13.8. The number of rotatable bonds is 4. The zero-order valence-electron chi connectivity index (χ0n) is 13.0. The topological polar surface area (TPSA) is 77.5 Å². The summed E-state index contributed by atoms with van der Waals surface area (Å²) in [7, 11) is -1.96. The number of nitrogens with one attached hydrogen (secondary N) is 1. The molecule has 0 bridgehead atoms. The summed E-state index contributed by atoms with van der Waals surface area (Å²) < 4.78 is 36.0. The first kappa shape index (κ1) is 15.8. The summed E-state index contributed by atoms with van der Waals surface area (Å²) in [5.41, 5.74) is 4.53. The van der Waals surface area contributed by atoms with Crippen molar-refractivity contribution in [3.05, 3.63) is 41.6 Å². The fraction of sp³-hybridized carbons (Fsp3) is 0.312. The van der Waals surface area contributed by atoms with E-state index in [4.69, 9.17) is 9.47 Å². The van der Waals surface area contributed by atoms with E-state index in [0.717, 1.165) is 36.0 Å². The molecule has 0 atom stereocenters. The van der Waals surface area contributed by atoms with Crippen molar-refractivity contribution in [2.75, 3.05) is 24.7 Å². The number of fused-ring (bicyclic) bond motifs is 1. The van der Waals surface area contributed by atoms with E-state index in [1.54, 1.807) is 12.3 Å². The van der Waals surface area contributed by atoms with Crippen LogP contribution in [-0.2, 0) is 27.8 Å². The molecule has 122 valence electrons. The van der Waals surface area contributed by atoms with Gasteiger partial charge in [-0.3, -0.25) is 4.72 Å². The van der Waals surface area contributed by atoms with Gasteiger partial charge in [0.2, 0.25) is 15.9 Å². The number of nitrogens with zero attached hydrogens (tertiary/aromatic N) is 1. The molecule has 0 unspecified atom stereocenters. The summed E-state index contributed by atoms with van der Waals surface area (Å²) in [6.07, 6.45) is 3.67. The molecule has 1 aromatic carbocycles. The molecular formula is C16H18N2O4S. The molecule has 2 aromatic rings. The van der Waals surface area contributed by atoms with Crippen LogP contribution in [0.4, 0.5) is 5.69 Å². The normalized spacial score (nSPS) is 14.2. The van der Waals surface area contributed by atoms with Crippen molar-refractivity contribution in [2.45, 2.75) is 13.0 Å². The second kappa shape index (κ2) is 6.17. The fourth-order valence-corrected chi connectivity index (χ4v) is 3.14. The minimum absolute atomic E-state index is 0.237. The van der Waals surface area contributed by atoms with Gasteiger partial charge in [0.25, 0.3) is 0 Å². The van der Waals surface area contributed by atoms with Gasteiger partial charge in [0.05, 0.1) is 26.6 Å². The number of hydrogen-bond donors (Lipinski definition) is 1. The van der Waals surface area contributed by atoms with E-state index in [9.17, 15) is 8.42 Å². The van der Waals surface area contributed by atoms with E-state index < -0.39 is 10.0 Å². The molecule has 0 amide bonds. The third-order valence-corrected chi connectivity index (χ3v) is 4.24. The number of sulfonamides is 1. The highest BCUT2D eigenvalue weighted by Gasteiger charge is 2.14. The maximum Gasteiger partial charge on any atom is 0.238 e. The van der Waals surface area contributed by atoms with Crippen LogP contribution in [0.2, 0.25) is 0 Å². The van der Waals surface area contributed by atoms with Gasteiger partial charge in [-0.2, -0.15) is 0 Å². The van der Waals surface area contributed by atoms with Crippen molar-refractivity contribution in [1.82, 2.24) is 4.98 Å². The molecule has 0 fully saturated rings. The quantitative estimate of drug-likeness (QED) is 0.927. The SMILES string of the molecule is COc1ncc(-c2ccc3c(c2)COCC3)cc1NS(C)(=O)=O. The number of pyridine rings is 1. The van der Waals surface area contributed by atoms with Crippen LogP contribution in [0.15, 0.2) is 30.5 Å². The van der Waals surface area contributed by atoms with E-state index in [0.29, 0.717) is 12.3 Å². The van der Waals surface area contributed by atoms with E-state index >= 15 is 0 Å². The molecule has 0 radical (unpaired) electrons. The third-order valence-electron chi connectivity index (χ3n) is 3.65.